The molecule has 2 rings (SSSR count). The van der Waals surface area contributed by atoms with Crippen LogP contribution in [-0.4, -0.2) is 42.1 Å². The Balaban J connectivity index is 1.75. The summed E-state index contributed by atoms with van der Waals surface area (Å²) >= 11 is 0. The number of piperidine rings is 2. The van der Waals surface area contributed by atoms with Gasteiger partial charge in [0.25, 0.3) is 0 Å². The minimum absolute atomic E-state index is 0.751. The molecule has 2 heteroatoms. The summed E-state index contributed by atoms with van der Waals surface area (Å²) in [6.45, 7) is 12.5. The normalized spacial score (nSPS) is 22.5. The van der Waals surface area contributed by atoms with E-state index in [1.807, 2.05) is 0 Å². The first-order valence-electron chi connectivity index (χ1n) is 11.2. The van der Waals surface area contributed by atoms with Crippen LogP contribution in [0.3, 0.4) is 0 Å². The number of hydrogen-bond acceptors (Lipinski definition) is 2. The molecule has 2 aliphatic heterocycles. The van der Waals surface area contributed by atoms with E-state index >= 15 is 0 Å². The van der Waals surface area contributed by atoms with Gasteiger partial charge >= 0.3 is 0 Å². The lowest BCUT2D eigenvalue weighted by Crippen LogP contribution is -2.53. The van der Waals surface area contributed by atoms with E-state index in [1.54, 1.807) is 0 Å². The van der Waals surface area contributed by atoms with Gasteiger partial charge in [-0.1, -0.05) is 65.7 Å². The average Bonchev–Trinajstić information content (AvgIpc) is 2.60. The van der Waals surface area contributed by atoms with Crippen molar-refractivity contribution in [1.29, 1.82) is 0 Å². The maximum atomic E-state index is 2.84. The molecule has 2 fully saturated rings. The number of likely N-dealkylation sites (tertiary alicyclic amines) is 2. The van der Waals surface area contributed by atoms with Crippen molar-refractivity contribution in [2.24, 2.45) is 11.8 Å². The standard InChI is InChI=1S/C22H44N2/c1-4-5-6-7-8-9-10-11-22(23-16-12-20(2)13-17-23)24-18-14-21(3)15-19-24/h20-22H,4-19H2,1-3H3. The maximum Gasteiger partial charge on any atom is 0.0622 e. The summed E-state index contributed by atoms with van der Waals surface area (Å²) in [5, 5.41) is 0. The van der Waals surface area contributed by atoms with Crippen LogP contribution in [0.1, 0.15) is 97.8 Å². The van der Waals surface area contributed by atoms with Crippen molar-refractivity contribution in [3.05, 3.63) is 0 Å². The largest absolute Gasteiger partial charge is 0.288 e. The fraction of sp³-hybridized carbons (Fsp3) is 1.00. The topological polar surface area (TPSA) is 6.48 Å². The fourth-order valence-electron chi connectivity index (χ4n) is 4.53. The Bertz CT molecular complexity index is 279. The zero-order valence-corrected chi connectivity index (χ0v) is 16.9. The molecule has 0 aromatic rings. The third-order valence-electron chi connectivity index (χ3n) is 6.55. The van der Waals surface area contributed by atoms with Gasteiger partial charge in [0.1, 0.15) is 0 Å². The molecule has 0 unspecified atom stereocenters. The lowest BCUT2D eigenvalue weighted by Gasteiger charge is -2.45. The summed E-state index contributed by atoms with van der Waals surface area (Å²) < 4.78 is 0. The Kier molecular flexibility index (Phi) is 9.71. The second-order valence-corrected chi connectivity index (χ2v) is 8.83. The second-order valence-electron chi connectivity index (χ2n) is 8.83. The first-order valence-corrected chi connectivity index (χ1v) is 11.2. The van der Waals surface area contributed by atoms with E-state index in [-0.39, 0.29) is 0 Å². The predicted octanol–water partition coefficient (Wildman–Crippen LogP) is 5.92. The van der Waals surface area contributed by atoms with Gasteiger partial charge in [0.05, 0.1) is 6.17 Å². The van der Waals surface area contributed by atoms with Crippen molar-refractivity contribution in [3.8, 4) is 0 Å². The van der Waals surface area contributed by atoms with Crippen LogP contribution in [-0.2, 0) is 0 Å². The van der Waals surface area contributed by atoms with Gasteiger partial charge in [0.15, 0.2) is 0 Å². The molecule has 2 heterocycles. The van der Waals surface area contributed by atoms with E-state index in [4.69, 9.17) is 0 Å². The Hall–Kier alpha value is -0.0800. The van der Waals surface area contributed by atoms with Crippen LogP contribution >= 0.6 is 0 Å². The molecule has 24 heavy (non-hydrogen) atoms. The van der Waals surface area contributed by atoms with Gasteiger partial charge in [-0.05, 0) is 70.1 Å². The van der Waals surface area contributed by atoms with Gasteiger partial charge in [-0.15, -0.1) is 0 Å². The first-order chi connectivity index (χ1) is 11.7. The van der Waals surface area contributed by atoms with E-state index in [0.717, 1.165) is 18.0 Å². The van der Waals surface area contributed by atoms with Crippen LogP contribution in [0.25, 0.3) is 0 Å². The van der Waals surface area contributed by atoms with E-state index in [1.165, 1.54) is 103 Å². The fourth-order valence-corrected chi connectivity index (χ4v) is 4.53. The summed E-state index contributed by atoms with van der Waals surface area (Å²) in [4.78, 5) is 5.68. The molecule has 0 atom stereocenters. The highest BCUT2D eigenvalue weighted by molar-refractivity contribution is 4.81. The van der Waals surface area contributed by atoms with Crippen LogP contribution in [0.15, 0.2) is 0 Å². The molecule has 2 saturated heterocycles. The Morgan fingerprint density at radius 3 is 1.54 bits per heavy atom. The van der Waals surface area contributed by atoms with Crippen molar-refractivity contribution in [1.82, 2.24) is 9.80 Å². The molecule has 0 aliphatic carbocycles. The molecule has 0 spiro atoms. The third kappa shape index (κ3) is 7.04. The lowest BCUT2D eigenvalue weighted by molar-refractivity contribution is -0.00380. The lowest BCUT2D eigenvalue weighted by atomic mass is 9.95. The van der Waals surface area contributed by atoms with Crippen molar-refractivity contribution in [2.75, 3.05) is 26.2 Å². The zero-order valence-electron chi connectivity index (χ0n) is 16.9. The quantitative estimate of drug-likeness (QED) is 0.457. The number of nitrogens with zero attached hydrogens (tertiary/aromatic N) is 2. The Morgan fingerprint density at radius 2 is 1.08 bits per heavy atom. The van der Waals surface area contributed by atoms with Crippen LogP contribution in [0, 0.1) is 11.8 Å². The maximum absolute atomic E-state index is 2.84. The zero-order chi connectivity index (χ0) is 17.2. The smallest absolute Gasteiger partial charge is 0.0622 e. The average molecular weight is 337 g/mol. The molecule has 142 valence electrons. The monoisotopic (exact) mass is 336 g/mol. The van der Waals surface area contributed by atoms with E-state index in [9.17, 15) is 0 Å². The highest BCUT2D eigenvalue weighted by Crippen LogP contribution is 2.26. The highest BCUT2D eigenvalue weighted by Gasteiger charge is 2.29. The molecule has 0 aromatic heterocycles. The van der Waals surface area contributed by atoms with Crippen LogP contribution in [0.2, 0.25) is 0 Å². The summed E-state index contributed by atoms with van der Waals surface area (Å²) in [5.41, 5.74) is 0. The Labute approximate surface area is 152 Å². The summed E-state index contributed by atoms with van der Waals surface area (Å²) in [6.07, 6.45) is 17.9. The van der Waals surface area contributed by atoms with Gasteiger partial charge in [-0.2, -0.15) is 0 Å². The van der Waals surface area contributed by atoms with Crippen LogP contribution in [0.5, 0.6) is 0 Å². The van der Waals surface area contributed by atoms with Crippen molar-refractivity contribution < 1.29 is 0 Å². The first kappa shape index (κ1) is 20.2. The summed E-state index contributed by atoms with van der Waals surface area (Å²) in [7, 11) is 0. The molecule has 0 bridgehead atoms. The van der Waals surface area contributed by atoms with E-state index < -0.39 is 0 Å². The van der Waals surface area contributed by atoms with Crippen molar-refractivity contribution in [3.63, 3.8) is 0 Å². The highest BCUT2D eigenvalue weighted by atomic mass is 15.4. The number of hydrogen-bond donors (Lipinski definition) is 0. The van der Waals surface area contributed by atoms with E-state index in [0.29, 0.717) is 0 Å². The molecular formula is C22H44N2. The Morgan fingerprint density at radius 1 is 0.667 bits per heavy atom. The van der Waals surface area contributed by atoms with Crippen molar-refractivity contribution >= 4 is 0 Å². The van der Waals surface area contributed by atoms with E-state index in [2.05, 4.69) is 30.6 Å². The SMILES string of the molecule is CCCCCCCCCC(N1CCC(C)CC1)N1CCC(C)CC1. The second kappa shape index (κ2) is 11.5. The van der Waals surface area contributed by atoms with Crippen LogP contribution < -0.4 is 0 Å². The number of unbranched alkanes of at least 4 members (excludes halogenated alkanes) is 6. The summed E-state index contributed by atoms with van der Waals surface area (Å²) in [6, 6.07) is 0. The van der Waals surface area contributed by atoms with Crippen LogP contribution in [0.4, 0.5) is 0 Å². The molecule has 0 aromatic carbocycles. The van der Waals surface area contributed by atoms with Gasteiger partial charge < -0.3 is 0 Å². The minimum Gasteiger partial charge on any atom is -0.288 e. The molecule has 0 N–H and O–H groups in total. The van der Waals surface area contributed by atoms with Gasteiger partial charge in [-0.25, -0.2) is 0 Å². The minimum atomic E-state index is 0.751. The molecule has 0 radical (unpaired) electrons. The molecule has 0 saturated carbocycles. The summed E-state index contributed by atoms with van der Waals surface area (Å²) in [5.74, 6) is 1.89. The molecule has 0 amide bonds. The van der Waals surface area contributed by atoms with Gasteiger partial charge in [0, 0.05) is 0 Å². The van der Waals surface area contributed by atoms with Gasteiger partial charge in [0.2, 0.25) is 0 Å². The molecular weight excluding hydrogens is 292 g/mol. The van der Waals surface area contributed by atoms with Crippen molar-refractivity contribution in [2.45, 2.75) is 104 Å². The third-order valence-corrected chi connectivity index (χ3v) is 6.55. The van der Waals surface area contributed by atoms with Gasteiger partial charge in [-0.3, -0.25) is 9.80 Å². The molecule has 2 aliphatic rings. The number of rotatable bonds is 10. The molecule has 2 nitrogen and oxygen atoms in total. The predicted molar refractivity (Wildman–Crippen MR) is 106 cm³/mol.